The van der Waals surface area contributed by atoms with E-state index >= 15 is 0 Å². The van der Waals surface area contributed by atoms with Crippen LogP contribution in [0.4, 0.5) is 0 Å². The fourth-order valence-electron chi connectivity index (χ4n) is 4.45. The maximum atomic E-state index is 3.78. The highest BCUT2D eigenvalue weighted by molar-refractivity contribution is 4.92. The van der Waals surface area contributed by atoms with Crippen LogP contribution in [0, 0.1) is 23.2 Å². The van der Waals surface area contributed by atoms with Gasteiger partial charge in [0.15, 0.2) is 0 Å². The van der Waals surface area contributed by atoms with Crippen molar-refractivity contribution in [3.05, 3.63) is 0 Å². The molecule has 1 rings (SSSR count). The Balaban J connectivity index is 2.67. The van der Waals surface area contributed by atoms with E-state index in [0.29, 0.717) is 5.41 Å². The van der Waals surface area contributed by atoms with Crippen molar-refractivity contribution in [2.75, 3.05) is 6.54 Å². The first kappa shape index (κ1) is 17.0. The molecule has 0 heterocycles. The second-order valence-electron chi connectivity index (χ2n) is 7.78. The van der Waals surface area contributed by atoms with Crippen LogP contribution in [0.5, 0.6) is 0 Å². The molecule has 0 saturated heterocycles. The first-order chi connectivity index (χ1) is 8.90. The lowest BCUT2D eigenvalue weighted by atomic mass is 9.63. The Labute approximate surface area is 121 Å². The summed E-state index contributed by atoms with van der Waals surface area (Å²) < 4.78 is 0. The van der Waals surface area contributed by atoms with Gasteiger partial charge in [0, 0.05) is 6.04 Å². The Hall–Kier alpha value is -0.0400. The topological polar surface area (TPSA) is 12.0 Å². The van der Waals surface area contributed by atoms with Gasteiger partial charge in [-0.15, -0.1) is 0 Å². The molecule has 1 fully saturated rings. The number of hydrogen-bond donors (Lipinski definition) is 1. The van der Waals surface area contributed by atoms with Crippen molar-refractivity contribution in [3.8, 4) is 0 Å². The van der Waals surface area contributed by atoms with Gasteiger partial charge in [0.25, 0.3) is 0 Å². The minimum absolute atomic E-state index is 0.488. The quantitative estimate of drug-likeness (QED) is 0.664. The molecular weight excluding hydrogens is 230 g/mol. The van der Waals surface area contributed by atoms with Crippen LogP contribution in [-0.4, -0.2) is 12.6 Å². The van der Waals surface area contributed by atoms with Gasteiger partial charge in [-0.2, -0.15) is 0 Å². The normalized spacial score (nSPS) is 30.3. The zero-order valence-electron chi connectivity index (χ0n) is 14.3. The minimum Gasteiger partial charge on any atom is -0.314 e. The van der Waals surface area contributed by atoms with Crippen molar-refractivity contribution in [1.82, 2.24) is 5.32 Å². The first-order valence-corrected chi connectivity index (χ1v) is 8.64. The van der Waals surface area contributed by atoms with Crippen molar-refractivity contribution in [2.24, 2.45) is 23.2 Å². The third-order valence-corrected chi connectivity index (χ3v) is 5.24. The van der Waals surface area contributed by atoms with Crippen molar-refractivity contribution >= 4 is 0 Å². The molecule has 1 N–H and O–H groups in total. The smallest absolute Gasteiger partial charge is 0.0103 e. The summed E-state index contributed by atoms with van der Waals surface area (Å²) in [6.07, 6.45) is 8.34. The molecule has 1 saturated carbocycles. The monoisotopic (exact) mass is 267 g/mol. The van der Waals surface area contributed by atoms with Gasteiger partial charge in [-0.1, -0.05) is 60.8 Å². The molecule has 0 aromatic rings. The zero-order chi connectivity index (χ0) is 14.5. The summed E-state index contributed by atoms with van der Waals surface area (Å²) in [6.45, 7) is 15.6. The third kappa shape index (κ3) is 5.10. The fraction of sp³-hybridized carbons (Fsp3) is 1.00. The molecule has 1 heteroatoms. The van der Waals surface area contributed by atoms with Crippen molar-refractivity contribution < 1.29 is 0 Å². The molecule has 0 amide bonds. The van der Waals surface area contributed by atoms with Crippen LogP contribution in [0.1, 0.15) is 80.1 Å². The second kappa shape index (κ2) is 7.67. The molecule has 0 aromatic carbocycles. The summed E-state index contributed by atoms with van der Waals surface area (Å²) in [7, 11) is 0. The van der Waals surface area contributed by atoms with E-state index in [1.807, 2.05) is 0 Å². The van der Waals surface area contributed by atoms with Gasteiger partial charge in [-0.3, -0.25) is 0 Å². The Kier molecular flexibility index (Phi) is 6.86. The summed E-state index contributed by atoms with van der Waals surface area (Å²) in [5, 5.41) is 3.78. The fourth-order valence-corrected chi connectivity index (χ4v) is 4.45. The van der Waals surface area contributed by atoms with Gasteiger partial charge in [0.05, 0.1) is 0 Å². The number of nitrogens with one attached hydrogen (secondary N) is 1. The molecule has 0 radical (unpaired) electrons. The Bertz CT molecular complexity index is 246. The predicted octanol–water partition coefficient (Wildman–Crippen LogP) is 5.25. The summed E-state index contributed by atoms with van der Waals surface area (Å²) in [6, 6.07) is 0.748. The Morgan fingerprint density at radius 2 is 1.89 bits per heavy atom. The van der Waals surface area contributed by atoms with Gasteiger partial charge in [-0.05, 0) is 49.0 Å². The molecule has 4 unspecified atom stereocenters. The van der Waals surface area contributed by atoms with Crippen molar-refractivity contribution in [3.63, 3.8) is 0 Å². The molecule has 0 aromatic heterocycles. The largest absolute Gasteiger partial charge is 0.314 e. The SMILES string of the molecule is CCCC(C)CC(C)(C)C1CCC(C)CC1NCC. The average Bonchev–Trinajstić information content (AvgIpc) is 2.28. The number of hydrogen-bond acceptors (Lipinski definition) is 1. The summed E-state index contributed by atoms with van der Waals surface area (Å²) in [5.74, 6) is 2.65. The highest BCUT2D eigenvalue weighted by atomic mass is 14.9. The van der Waals surface area contributed by atoms with Gasteiger partial charge < -0.3 is 5.32 Å². The summed E-state index contributed by atoms with van der Waals surface area (Å²) >= 11 is 0. The second-order valence-corrected chi connectivity index (χ2v) is 7.78. The molecule has 114 valence electrons. The van der Waals surface area contributed by atoms with Crippen LogP contribution < -0.4 is 5.32 Å². The standard InChI is InChI=1S/C18H37N/c1-7-9-15(4)13-18(5,6)16-11-10-14(3)12-17(16)19-8-2/h14-17,19H,7-13H2,1-6H3. The molecule has 0 aliphatic heterocycles. The highest BCUT2D eigenvalue weighted by Crippen LogP contribution is 2.44. The van der Waals surface area contributed by atoms with Crippen molar-refractivity contribution in [2.45, 2.75) is 86.1 Å². The molecule has 0 bridgehead atoms. The maximum Gasteiger partial charge on any atom is 0.0103 e. The summed E-state index contributed by atoms with van der Waals surface area (Å²) in [4.78, 5) is 0. The van der Waals surface area contributed by atoms with Gasteiger partial charge in [0.1, 0.15) is 0 Å². The van der Waals surface area contributed by atoms with E-state index in [1.54, 1.807) is 0 Å². The average molecular weight is 268 g/mol. The van der Waals surface area contributed by atoms with Gasteiger partial charge >= 0.3 is 0 Å². The molecule has 4 atom stereocenters. The van der Waals surface area contributed by atoms with E-state index in [0.717, 1.165) is 30.3 Å². The van der Waals surface area contributed by atoms with Crippen LogP contribution >= 0.6 is 0 Å². The van der Waals surface area contributed by atoms with E-state index in [2.05, 4.69) is 46.9 Å². The lowest BCUT2D eigenvalue weighted by molar-refractivity contribution is 0.0734. The third-order valence-electron chi connectivity index (χ3n) is 5.24. The van der Waals surface area contributed by atoms with E-state index in [9.17, 15) is 0 Å². The zero-order valence-corrected chi connectivity index (χ0v) is 14.3. The Morgan fingerprint density at radius 3 is 2.47 bits per heavy atom. The van der Waals surface area contributed by atoms with Crippen molar-refractivity contribution in [1.29, 1.82) is 0 Å². The highest BCUT2D eigenvalue weighted by Gasteiger charge is 2.38. The van der Waals surface area contributed by atoms with Crippen LogP contribution in [0.25, 0.3) is 0 Å². The van der Waals surface area contributed by atoms with Crippen LogP contribution in [0.2, 0.25) is 0 Å². The molecule has 19 heavy (non-hydrogen) atoms. The van der Waals surface area contributed by atoms with Gasteiger partial charge in [0.2, 0.25) is 0 Å². The minimum atomic E-state index is 0.488. The van der Waals surface area contributed by atoms with Crippen LogP contribution in [0.15, 0.2) is 0 Å². The van der Waals surface area contributed by atoms with Gasteiger partial charge in [-0.25, -0.2) is 0 Å². The predicted molar refractivity (Wildman–Crippen MR) is 86.4 cm³/mol. The van der Waals surface area contributed by atoms with Crippen LogP contribution in [0.3, 0.4) is 0 Å². The molecule has 0 spiro atoms. The maximum absolute atomic E-state index is 3.78. The van der Waals surface area contributed by atoms with E-state index in [-0.39, 0.29) is 0 Å². The summed E-state index contributed by atoms with van der Waals surface area (Å²) in [5.41, 5.74) is 0.488. The molecule has 1 aliphatic rings. The lowest BCUT2D eigenvalue weighted by Crippen LogP contribution is -2.47. The molecule has 1 nitrogen and oxygen atoms in total. The van der Waals surface area contributed by atoms with E-state index < -0.39 is 0 Å². The van der Waals surface area contributed by atoms with Crippen LogP contribution in [-0.2, 0) is 0 Å². The first-order valence-electron chi connectivity index (χ1n) is 8.64. The molecule has 1 aliphatic carbocycles. The molecular formula is C18H37N. The Morgan fingerprint density at radius 1 is 1.21 bits per heavy atom. The lowest BCUT2D eigenvalue weighted by Gasteiger charge is -2.45. The number of rotatable bonds is 7. The van der Waals surface area contributed by atoms with E-state index in [4.69, 9.17) is 0 Å². The van der Waals surface area contributed by atoms with E-state index in [1.165, 1.54) is 38.5 Å².